The summed E-state index contributed by atoms with van der Waals surface area (Å²) in [6.45, 7) is 5.80. The molecule has 8 nitrogen and oxygen atoms in total. The quantitative estimate of drug-likeness (QED) is 0.379. The van der Waals surface area contributed by atoms with Crippen molar-refractivity contribution in [3.8, 4) is 0 Å². The van der Waals surface area contributed by atoms with Crippen LogP contribution in [0.25, 0.3) is 0 Å². The summed E-state index contributed by atoms with van der Waals surface area (Å²) in [5, 5.41) is 14.5. The van der Waals surface area contributed by atoms with Crippen LogP contribution in [0.5, 0.6) is 0 Å². The van der Waals surface area contributed by atoms with Gasteiger partial charge in [-0.2, -0.15) is 5.10 Å². The molecular weight excluding hydrogens is 368 g/mol. The molecule has 0 aliphatic rings. The summed E-state index contributed by atoms with van der Waals surface area (Å²) in [6.07, 6.45) is 1.46. The fourth-order valence-corrected chi connectivity index (χ4v) is 3.07. The number of rotatable bonds is 10. The first-order valence-corrected chi connectivity index (χ1v) is 9.66. The van der Waals surface area contributed by atoms with Crippen LogP contribution in [0.1, 0.15) is 25.2 Å². The maximum Gasteiger partial charge on any atom is 0.269 e. The molecule has 1 aromatic carbocycles. The fourth-order valence-electron chi connectivity index (χ4n) is 2.29. The Labute approximate surface area is 161 Å². The highest BCUT2D eigenvalue weighted by atomic mass is 32.2. The Morgan fingerprint density at radius 2 is 1.96 bits per heavy atom. The number of non-ortho nitro benzene ring substituents is 1. The number of nitro benzene ring substituents is 1. The molecule has 1 amide bonds. The van der Waals surface area contributed by atoms with Crippen LogP contribution in [0.4, 0.5) is 11.6 Å². The van der Waals surface area contributed by atoms with Crippen molar-refractivity contribution in [2.45, 2.75) is 19.6 Å². The van der Waals surface area contributed by atoms with Crippen LogP contribution in [-0.4, -0.2) is 35.9 Å². The molecule has 0 bridgehead atoms. The lowest BCUT2D eigenvalue weighted by Crippen LogP contribution is -2.21. The third-order valence-electron chi connectivity index (χ3n) is 3.72. The van der Waals surface area contributed by atoms with Crippen molar-refractivity contribution in [2.24, 2.45) is 5.10 Å². The van der Waals surface area contributed by atoms with Crippen molar-refractivity contribution >= 4 is 35.5 Å². The second kappa shape index (κ2) is 10.4. The maximum absolute atomic E-state index is 11.8. The summed E-state index contributed by atoms with van der Waals surface area (Å²) in [7, 11) is 0. The van der Waals surface area contributed by atoms with Crippen LogP contribution in [0.3, 0.4) is 0 Å². The highest BCUT2D eigenvalue weighted by molar-refractivity contribution is 7.99. The van der Waals surface area contributed by atoms with Gasteiger partial charge >= 0.3 is 0 Å². The number of furan rings is 1. The van der Waals surface area contributed by atoms with Crippen molar-refractivity contribution in [2.75, 3.05) is 23.7 Å². The number of nitrogens with zero attached hydrogens (tertiary/aromatic N) is 3. The number of nitrogens with one attached hydrogen (secondary N) is 1. The van der Waals surface area contributed by atoms with E-state index in [4.69, 9.17) is 4.42 Å². The standard InChI is InChI=1S/C18H22N4O4S/c1-3-21(4-2)18-10-9-16(26-18)11-19-20-17(23)13-27-12-14-5-7-15(8-6-14)22(24)25/h5-11H,3-4,12-13H2,1-2H3,(H,20,23)/b19-11-. The summed E-state index contributed by atoms with van der Waals surface area (Å²) in [5.41, 5.74) is 3.43. The number of carbonyl (C=O) groups excluding carboxylic acids is 1. The lowest BCUT2D eigenvalue weighted by molar-refractivity contribution is -0.384. The van der Waals surface area contributed by atoms with Crippen LogP contribution in [0.15, 0.2) is 45.9 Å². The number of thioether (sulfide) groups is 1. The lowest BCUT2D eigenvalue weighted by Gasteiger charge is -2.16. The van der Waals surface area contributed by atoms with Gasteiger partial charge in [-0.1, -0.05) is 12.1 Å². The Kier molecular flexibility index (Phi) is 7.87. The fraction of sp³-hybridized carbons (Fsp3) is 0.333. The second-order valence-corrected chi connectivity index (χ2v) is 6.54. The van der Waals surface area contributed by atoms with E-state index in [1.165, 1.54) is 30.1 Å². The van der Waals surface area contributed by atoms with E-state index in [1.54, 1.807) is 18.2 Å². The number of benzene rings is 1. The molecule has 27 heavy (non-hydrogen) atoms. The summed E-state index contributed by atoms with van der Waals surface area (Å²) in [4.78, 5) is 24.0. The monoisotopic (exact) mass is 390 g/mol. The number of carbonyl (C=O) groups is 1. The molecule has 9 heteroatoms. The van der Waals surface area contributed by atoms with Gasteiger partial charge in [0.15, 0.2) is 5.88 Å². The van der Waals surface area contributed by atoms with Crippen LogP contribution in [-0.2, 0) is 10.5 Å². The zero-order chi connectivity index (χ0) is 19.6. The van der Waals surface area contributed by atoms with Crippen LogP contribution in [0, 0.1) is 10.1 Å². The maximum atomic E-state index is 11.8. The third kappa shape index (κ3) is 6.45. The van der Waals surface area contributed by atoms with E-state index in [2.05, 4.69) is 15.4 Å². The van der Waals surface area contributed by atoms with E-state index in [0.717, 1.165) is 24.5 Å². The van der Waals surface area contributed by atoms with Crippen molar-refractivity contribution in [1.82, 2.24) is 5.43 Å². The summed E-state index contributed by atoms with van der Waals surface area (Å²) in [5.74, 6) is 1.92. The SMILES string of the molecule is CCN(CC)c1ccc(/C=N\NC(=O)CSCc2ccc([N+](=O)[O-])cc2)o1. The molecule has 0 radical (unpaired) electrons. The number of nitro groups is 1. The smallest absolute Gasteiger partial charge is 0.269 e. The summed E-state index contributed by atoms with van der Waals surface area (Å²) in [6, 6.07) is 9.95. The molecule has 0 spiro atoms. The van der Waals surface area contributed by atoms with E-state index in [0.29, 0.717) is 11.5 Å². The average molecular weight is 390 g/mol. The molecule has 0 fully saturated rings. The molecule has 1 heterocycles. The molecule has 0 atom stereocenters. The van der Waals surface area contributed by atoms with E-state index in [-0.39, 0.29) is 17.3 Å². The molecular formula is C18H22N4O4S. The normalized spacial score (nSPS) is 10.9. The van der Waals surface area contributed by atoms with Crippen LogP contribution >= 0.6 is 11.8 Å². The first-order valence-electron chi connectivity index (χ1n) is 8.51. The first-order chi connectivity index (χ1) is 13.0. The Morgan fingerprint density at radius 3 is 2.59 bits per heavy atom. The minimum atomic E-state index is -0.438. The van der Waals surface area contributed by atoms with Gasteiger partial charge in [-0.15, -0.1) is 11.8 Å². The summed E-state index contributed by atoms with van der Waals surface area (Å²) < 4.78 is 5.65. The van der Waals surface area contributed by atoms with Crippen molar-refractivity contribution < 1.29 is 14.1 Å². The van der Waals surface area contributed by atoms with E-state index in [1.807, 2.05) is 19.9 Å². The van der Waals surface area contributed by atoms with E-state index < -0.39 is 4.92 Å². The van der Waals surface area contributed by atoms with Gasteiger partial charge in [-0.25, -0.2) is 5.43 Å². The topological polar surface area (TPSA) is 101 Å². The number of anilines is 1. The number of hydrogen-bond acceptors (Lipinski definition) is 7. The van der Waals surface area contributed by atoms with Gasteiger partial charge in [0.05, 0.1) is 16.9 Å². The zero-order valence-electron chi connectivity index (χ0n) is 15.3. The Balaban J connectivity index is 1.73. The first kappa shape index (κ1) is 20.5. The highest BCUT2D eigenvalue weighted by Crippen LogP contribution is 2.17. The van der Waals surface area contributed by atoms with Crippen LogP contribution in [0.2, 0.25) is 0 Å². The molecule has 2 rings (SSSR count). The van der Waals surface area contributed by atoms with Crippen molar-refractivity contribution in [1.29, 1.82) is 0 Å². The van der Waals surface area contributed by atoms with Crippen LogP contribution < -0.4 is 10.3 Å². The molecule has 0 unspecified atom stereocenters. The Morgan fingerprint density at radius 1 is 1.26 bits per heavy atom. The van der Waals surface area contributed by atoms with Gasteiger partial charge in [0.2, 0.25) is 5.91 Å². The van der Waals surface area contributed by atoms with E-state index in [9.17, 15) is 14.9 Å². The Bertz CT molecular complexity index is 785. The third-order valence-corrected chi connectivity index (χ3v) is 4.72. The van der Waals surface area contributed by atoms with Crippen molar-refractivity contribution in [3.05, 3.63) is 57.8 Å². The second-order valence-electron chi connectivity index (χ2n) is 5.56. The molecule has 1 aromatic heterocycles. The predicted molar refractivity (Wildman–Crippen MR) is 107 cm³/mol. The van der Waals surface area contributed by atoms with Gasteiger partial charge in [-0.3, -0.25) is 14.9 Å². The minimum absolute atomic E-state index is 0.0536. The van der Waals surface area contributed by atoms with Gasteiger partial charge in [0, 0.05) is 37.0 Å². The molecule has 0 aliphatic carbocycles. The molecule has 2 aromatic rings. The average Bonchev–Trinajstić information content (AvgIpc) is 3.12. The predicted octanol–water partition coefficient (Wildman–Crippen LogP) is 3.42. The lowest BCUT2D eigenvalue weighted by atomic mass is 10.2. The van der Waals surface area contributed by atoms with E-state index >= 15 is 0 Å². The molecule has 0 saturated heterocycles. The highest BCUT2D eigenvalue weighted by Gasteiger charge is 2.07. The minimum Gasteiger partial charge on any atom is -0.440 e. The van der Waals surface area contributed by atoms with Crippen molar-refractivity contribution in [3.63, 3.8) is 0 Å². The number of amides is 1. The Hall–Kier alpha value is -2.81. The van der Waals surface area contributed by atoms with Gasteiger partial charge in [0.1, 0.15) is 5.76 Å². The number of hydrazone groups is 1. The van der Waals surface area contributed by atoms with Gasteiger partial charge < -0.3 is 9.32 Å². The number of hydrogen-bond donors (Lipinski definition) is 1. The molecule has 0 saturated carbocycles. The molecule has 144 valence electrons. The van der Waals surface area contributed by atoms with Gasteiger partial charge in [0.25, 0.3) is 5.69 Å². The molecule has 1 N–H and O–H groups in total. The molecule has 0 aliphatic heterocycles. The van der Waals surface area contributed by atoms with Gasteiger partial charge in [-0.05, 0) is 25.5 Å². The zero-order valence-corrected chi connectivity index (χ0v) is 16.1. The largest absolute Gasteiger partial charge is 0.440 e. The summed E-state index contributed by atoms with van der Waals surface area (Å²) >= 11 is 1.40.